The fraction of sp³-hybridized carbons (Fsp3) is 0.400. The number of phenols is 1. The van der Waals surface area contributed by atoms with Crippen molar-refractivity contribution >= 4 is 11.1 Å². The molecule has 28 heavy (non-hydrogen) atoms. The van der Waals surface area contributed by atoms with Gasteiger partial charge >= 0.3 is 6.18 Å². The normalized spacial score (nSPS) is 18.7. The van der Waals surface area contributed by atoms with Crippen LogP contribution < -0.4 is 0 Å². The Labute approximate surface area is 159 Å². The number of fused-ring (bicyclic) bond motifs is 1. The summed E-state index contributed by atoms with van der Waals surface area (Å²) in [5.74, 6) is -0.178. The second kappa shape index (κ2) is 6.77. The van der Waals surface area contributed by atoms with E-state index in [2.05, 4.69) is 22.1 Å². The minimum Gasteiger partial charge on any atom is -0.507 e. The highest BCUT2D eigenvalue weighted by molar-refractivity contribution is 5.82. The monoisotopic (exact) mass is 391 g/mol. The van der Waals surface area contributed by atoms with Gasteiger partial charge in [0.25, 0.3) is 0 Å². The first-order valence-electron chi connectivity index (χ1n) is 9.08. The molecule has 1 aliphatic rings. The molecule has 4 rings (SSSR count). The SMILES string of the molecule is Cc1cc(C(F)(F)F)cc(O)c1-c1cc2occ([C@@H]3CCCN(C)C3)c2nn1. The maximum Gasteiger partial charge on any atom is 0.416 e. The van der Waals surface area contributed by atoms with Gasteiger partial charge in [-0.2, -0.15) is 13.2 Å². The second-order valence-corrected chi connectivity index (χ2v) is 7.42. The quantitative estimate of drug-likeness (QED) is 0.684. The summed E-state index contributed by atoms with van der Waals surface area (Å²) in [4.78, 5) is 2.26. The van der Waals surface area contributed by atoms with Gasteiger partial charge in [-0.1, -0.05) is 0 Å². The van der Waals surface area contributed by atoms with Gasteiger partial charge in [-0.25, -0.2) is 0 Å². The van der Waals surface area contributed by atoms with Crippen LogP contribution in [-0.4, -0.2) is 40.3 Å². The van der Waals surface area contributed by atoms with Crippen LogP contribution in [0.5, 0.6) is 5.75 Å². The van der Waals surface area contributed by atoms with Gasteiger partial charge in [0, 0.05) is 29.7 Å². The number of aryl methyl sites for hydroxylation is 1. The Kier molecular flexibility index (Phi) is 4.53. The van der Waals surface area contributed by atoms with Gasteiger partial charge in [0.15, 0.2) is 5.58 Å². The number of alkyl halides is 3. The van der Waals surface area contributed by atoms with E-state index in [9.17, 15) is 18.3 Å². The molecule has 0 radical (unpaired) electrons. The lowest BCUT2D eigenvalue weighted by Crippen LogP contribution is -2.30. The van der Waals surface area contributed by atoms with Crippen molar-refractivity contribution in [1.82, 2.24) is 15.1 Å². The van der Waals surface area contributed by atoms with Crippen LogP contribution in [-0.2, 0) is 6.18 Å². The molecule has 0 spiro atoms. The van der Waals surface area contributed by atoms with Gasteiger partial charge in [-0.15, -0.1) is 10.2 Å². The first kappa shape index (κ1) is 18.7. The molecule has 8 heteroatoms. The smallest absolute Gasteiger partial charge is 0.416 e. The lowest BCUT2D eigenvalue weighted by molar-refractivity contribution is -0.137. The van der Waals surface area contributed by atoms with Crippen molar-refractivity contribution < 1.29 is 22.7 Å². The lowest BCUT2D eigenvalue weighted by Gasteiger charge is -2.28. The number of halogens is 3. The zero-order valence-electron chi connectivity index (χ0n) is 15.5. The van der Waals surface area contributed by atoms with Gasteiger partial charge in [0.2, 0.25) is 0 Å². The number of likely N-dealkylation sites (tertiary alicyclic amines) is 1. The summed E-state index contributed by atoms with van der Waals surface area (Å²) in [6, 6.07) is 3.32. The number of phenolic OH excluding ortho intramolecular Hbond substituents is 1. The molecule has 0 saturated carbocycles. The van der Waals surface area contributed by atoms with Crippen LogP contribution in [0.2, 0.25) is 0 Å². The van der Waals surface area contributed by atoms with Crippen molar-refractivity contribution in [2.75, 3.05) is 20.1 Å². The Morgan fingerprint density at radius 2 is 2.00 bits per heavy atom. The van der Waals surface area contributed by atoms with Crippen LogP contribution in [0.3, 0.4) is 0 Å². The number of benzene rings is 1. The Morgan fingerprint density at radius 1 is 1.21 bits per heavy atom. The second-order valence-electron chi connectivity index (χ2n) is 7.42. The molecule has 3 aromatic rings. The molecule has 1 aromatic carbocycles. The maximum absolute atomic E-state index is 12.9. The topological polar surface area (TPSA) is 62.4 Å². The zero-order chi connectivity index (χ0) is 20.1. The van der Waals surface area contributed by atoms with E-state index in [1.165, 1.54) is 6.92 Å². The van der Waals surface area contributed by atoms with Crippen LogP contribution in [0.25, 0.3) is 22.4 Å². The van der Waals surface area contributed by atoms with E-state index in [4.69, 9.17) is 4.42 Å². The minimum atomic E-state index is -4.53. The van der Waals surface area contributed by atoms with Crippen molar-refractivity contribution in [3.05, 3.63) is 41.2 Å². The Morgan fingerprint density at radius 3 is 2.68 bits per heavy atom. The molecule has 5 nitrogen and oxygen atoms in total. The summed E-state index contributed by atoms with van der Waals surface area (Å²) in [5, 5.41) is 18.6. The van der Waals surface area contributed by atoms with Crippen molar-refractivity contribution in [2.24, 2.45) is 0 Å². The molecule has 148 valence electrons. The molecular formula is C20H20F3N3O2. The summed E-state index contributed by atoms with van der Waals surface area (Å²) in [7, 11) is 2.08. The highest BCUT2D eigenvalue weighted by Gasteiger charge is 2.32. The van der Waals surface area contributed by atoms with E-state index in [-0.39, 0.29) is 16.8 Å². The minimum absolute atomic E-state index is 0.220. The number of aromatic hydroxyl groups is 1. The highest BCUT2D eigenvalue weighted by Crippen LogP contribution is 2.39. The number of aromatic nitrogens is 2. The largest absolute Gasteiger partial charge is 0.507 e. The number of furan rings is 1. The van der Waals surface area contributed by atoms with Crippen LogP contribution in [0.1, 0.15) is 35.4 Å². The van der Waals surface area contributed by atoms with Crippen LogP contribution >= 0.6 is 0 Å². The van der Waals surface area contributed by atoms with Gasteiger partial charge in [-0.3, -0.25) is 0 Å². The molecule has 0 bridgehead atoms. The average molecular weight is 391 g/mol. The molecule has 1 atom stereocenters. The fourth-order valence-electron chi connectivity index (χ4n) is 3.94. The van der Waals surface area contributed by atoms with E-state index >= 15 is 0 Å². The lowest BCUT2D eigenvalue weighted by atomic mass is 9.92. The van der Waals surface area contributed by atoms with Crippen LogP contribution in [0, 0.1) is 6.92 Å². The van der Waals surface area contributed by atoms with Gasteiger partial charge in [-0.05, 0) is 51.1 Å². The zero-order valence-corrected chi connectivity index (χ0v) is 15.5. The Bertz CT molecular complexity index is 1010. The van der Waals surface area contributed by atoms with E-state index in [1.807, 2.05) is 0 Å². The van der Waals surface area contributed by atoms with Crippen LogP contribution in [0.4, 0.5) is 13.2 Å². The third-order valence-corrected chi connectivity index (χ3v) is 5.31. The van der Waals surface area contributed by atoms with Crippen molar-refractivity contribution in [3.63, 3.8) is 0 Å². The molecule has 0 unspecified atom stereocenters. The van der Waals surface area contributed by atoms with Crippen LogP contribution in [0.15, 0.2) is 28.9 Å². The number of hydrogen-bond acceptors (Lipinski definition) is 5. The number of hydrogen-bond donors (Lipinski definition) is 1. The van der Waals surface area contributed by atoms with Gasteiger partial charge < -0.3 is 14.4 Å². The predicted octanol–water partition coefficient (Wildman–Crippen LogP) is 4.73. The standard InChI is InChI=1S/C20H20F3N3O2/c1-11-6-13(20(21,22)23)7-16(27)18(11)15-8-17-19(25-24-15)14(10-28-17)12-4-3-5-26(2)9-12/h6-8,10,12,27H,3-5,9H2,1-2H3/t12-/m1/s1. The van der Waals surface area contributed by atoms with Crippen molar-refractivity contribution in [3.8, 4) is 17.0 Å². The van der Waals surface area contributed by atoms with E-state index in [0.717, 1.165) is 37.6 Å². The summed E-state index contributed by atoms with van der Waals surface area (Å²) in [6.45, 7) is 3.48. The van der Waals surface area contributed by atoms with E-state index in [0.29, 0.717) is 23.1 Å². The number of nitrogens with zero attached hydrogens (tertiary/aromatic N) is 3. The maximum atomic E-state index is 12.9. The third-order valence-electron chi connectivity index (χ3n) is 5.31. The van der Waals surface area contributed by atoms with E-state index in [1.54, 1.807) is 12.3 Å². The molecule has 1 fully saturated rings. The first-order valence-corrected chi connectivity index (χ1v) is 9.08. The molecular weight excluding hydrogens is 371 g/mol. The van der Waals surface area contributed by atoms with E-state index < -0.39 is 17.5 Å². The first-order chi connectivity index (χ1) is 13.2. The molecule has 1 aliphatic heterocycles. The van der Waals surface area contributed by atoms with Gasteiger partial charge in [0.1, 0.15) is 17.0 Å². The third kappa shape index (κ3) is 3.32. The number of rotatable bonds is 2. The average Bonchev–Trinajstić information content (AvgIpc) is 3.03. The van der Waals surface area contributed by atoms with Crippen molar-refractivity contribution in [2.45, 2.75) is 31.9 Å². The number of piperidine rings is 1. The van der Waals surface area contributed by atoms with Gasteiger partial charge in [0.05, 0.1) is 11.8 Å². The van der Waals surface area contributed by atoms with Crippen molar-refractivity contribution in [1.29, 1.82) is 0 Å². The predicted molar refractivity (Wildman–Crippen MR) is 98.1 cm³/mol. The molecule has 1 saturated heterocycles. The summed E-state index contributed by atoms with van der Waals surface area (Å²) >= 11 is 0. The number of likely N-dealkylation sites (N-methyl/N-ethyl adjacent to an activating group) is 1. The summed E-state index contributed by atoms with van der Waals surface area (Å²) in [6.07, 6.45) is -0.703. The molecule has 2 aromatic heterocycles. The molecule has 1 N–H and O–H groups in total. The summed E-state index contributed by atoms with van der Waals surface area (Å²) < 4.78 is 44.5. The Balaban J connectivity index is 1.73. The summed E-state index contributed by atoms with van der Waals surface area (Å²) in [5.41, 5.74) is 2.02. The Hall–Kier alpha value is -2.61. The molecule has 3 heterocycles. The molecule has 0 aliphatic carbocycles. The highest BCUT2D eigenvalue weighted by atomic mass is 19.4. The molecule has 0 amide bonds. The fourth-order valence-corrected chi connectivity index (χ4v) is 3.94.